The molecule has 0 heterocycles. The van der Waals surface area contributed by atoms with E-state index in [-0.39, 0.29) is 17.5 Å². The number of rotatable bonds is 12. The molecule has 0 spiro atoms. The van der Waals surface area contributed by atoms with Gasteiger partial charge in [-0.05, 0) is 94.7 Å². The Morgan fingerprint density at radius 2 is 1.68 bits per heavy atom. The van der Waals surface area contributed by atoms with Gasteiger partial charge in [0.1, 0.15) is 11.6 Å². The van der Waals surface area contributed by atoms with E-state index in [4.69, 9.17) is 0 Å². The van der Waals surface area contributed by atoms with E-state index < -0.39 is 5.41 Å². The molecular formula is C31H43FO2. The molecule has 2 nitrogen and oxygen atoms in total. The van der Waals surface area contributed by atoms with Crippen LogP contribution in [0, 0.1) is 11.7 Å². The van der Waals surface area contributed by atoms with Crippen molar-refractivity contribution in [3.63, 3.8) is 0 Å². The highest BCUT2D eigenvalue weighted by Crippen LogP contribution is 2.42. The Morgan fingerprint density at radius 3 is 2.24 bits per heavy atom. The zero-order valence-corrected chi connectivity index (χ0v) is 21.9. The third kappa shape index (κ3) is 7.35. The fourth-order valence-corrected chi connectivity index (χ4v) is 5.18. The summed E-state index contributed by atoms with van der Waals surface area (Å²) in [6.45, 7) is 9.66. The minimum atomic E-state index is -0.604. The number of allylic oxidation sites excluding steroid dienone is 6. The minimum Gasteiger partial charge on any atom is -0.298 e. The molecule has 1 aliphatic rings. The van der Waals surface area contributed by atoms with Gasteiger partial charge < -0.3 is 0 Å². The Kier molecular flexibility index (Phi) is 11.1. The van der Waals surface area contributed by atoms with Crippen LogP contribution in [0.15, 0.2) is 59.2 Å². The first kappa shape index (κ1) is 28.0. The lowest BCUT2D eigenvalue weighted by atomic mass is 9.64. The standard InChI is InChI=1S/C31H43FO2/c1-6-8-20-31(28-15-17-29(32)18-16-28,30(34)26-13-10-9-11-14-26)21-19-23(3)27(12-7-2)22-24(4)25(5)33/h7,12,15-18,22,26H,6,8-11,13-14,19-21H2,1-5H3. The topological polar surface area (TPSA) is 34.1 Å². The van der Waals surface area contributed by atoms with Gasteiger partial charge in [0.05, 0.1) is 5.41 Å². The number of ketones is 2. The molecule has 3 heteroatoms. The van der Waals surface area contributed by atoms with E-state index in [9.17, 15) is 14.0 Å². The van der Waals surface area contributed by atoms with E-state index in [1.54, 1.807) is 6.92 Å². The molecule has 0 saturated heterocycles. The van der Waals surface area contributed by atoms with E-state index in [1.165, 1.54) is 18.6 Å². The molecule has 0 radical (unpaired) electrons. The van der Waals surface area contributed by atoms with Crippen LogP contribution in [0.1, 0.15) is 104 Å². The third-order valence-electron chi connectivity index (χ3n) is 7.49. The van der Waals surface area contributed by atoms with Crippen LogP contribution in [0.4, 0.5) is 4.39 Å². The summed E-state index contributed by atoms with van der Waals surface area (Å²) in [5.41, 5.74) is 3.27. The van der Waals surface area contributed by atoms with Gasteiger partial charge in [-0.2, -0.15) is 0 Å². The molecule has 186 valence electrons. The van der Waals surface area contributed by atoms with Gasteiger partial charge in [-0.3, -0.25) is 9.59 Å². The van der Waals surface area contributed by atoms with E-state index in [0.717, 1.165) is 73.6 Å². The van der Waals surface area contributed by atoms with Crippen LogP contribution in [0.25, 0.3) is 0 Å². The van der Waals surface area contributed by atoms with E-state index >= 15 is 0 Å². The van der Waals surface area contributed by atoms with Gasteiger partial charge in [-0.15, -0.1) is 0 Å². The summed E-state index contributed by atoms with van der Waals surface area (Å²) < 4.78 is 13.8. The number of carbonyl (C=O) groups is 2. The van der Waals surface area contributed by atoms with E-state index in [1.807, 2.05) is 44.2 Å². The normalized spacial score (nSPS) is 18.0. The fourth-order valence-electron chi connectivity index (χ4n) is 5.18. The predicted molar refractivity (Wildman–Crippen MR) is 140 cm³/mol. The molecule has 1 unspecified atom stereocenters. The Hall–Kier alpha value is -2.29. The number of hydrogen-bond acceptors (Lipinski definition) is 2. The van der Waals surface area contributed by atoms with Gasteiger partial charge in [0.15, 0.2) is 5.78 Å². The van der Waals surface area contributed by atoms with Crippen molar-refractivity contribution < 1.29 is 14.0 Å². The van der Waals surface area contributed by atoms with Crippen molar-refractivity contribution in [1.82, 2.24) is 0 Å². The Bertz CT molecular complexity index is 913. The number of Topliss-reactive ketones (excluding diaryl/α,β-unsaturated/α-hetero) is 2. The highest BCUT2D eigenvalue weighted by Gasteiger charge is 2.42. The average molecular weight is 467 g/mol. The van der Waals surface area contributed by atoms with Crippen molar-refractivity contribution in [3.05, 3.63) is 70.6 Å². The van der Waals surface area contributed by atoms with Crippen LogP contribution in [0.5, 0.6) is 0 Å². The second-order valence-electron chi connectivity index (χ2n) is 10.0. The molecule has 0 bridgehead atoms. The van der Waals surface area contributed by atoms with Gasteiger partial charge in [-0.25, -0.2) is 4.39 Å². The molecule has 1 fully saturated rings. The maximum Gasteiger partial charge on any atom is 0.155 e. The molecule has 2 rings (SSSR count). The Balaban J connectivity index is 2.52. The van der Waals surface area contributed by atoms with Crippen LogP contribution in [0.3, 0.4) is 0 Å². The summed E-state index contributed by atoms with van der Waals surface area (Å²) in [7, 11) is 0. The summed E-state index contributed by atoms with van der Waals surface area (Å²) in [5, 5.41) is 0. The van der Waals surface area contributed by atoms with Crippen LogP contribution in [-0.2, 0) is 15.0 Å². The van der Waals surface area contributed by atoms with Crippen LogP contribution in [0.2, 0.25) is 0 Å². The number of unbranched alkanes of at least 4 members (excludes halogenated alkanes) is 1. The van der Waals surface area contributed by atoms with Gasteiger partial charge >= 0.3 is 0 Å². The highest BCUT2D eigenvalue weighted by atomic mass is 19.1. The predicted octanol–water partition coefficient (Wildman–Crippen LogP) is 8.61. The smallest absolute Gasteiger partial charge is 0.155 e. The van der Waals surface area contributed by atoms with E-state index in [2.05, 4.69) is 13.8 Å². The number of benzene rings is 1. The molecule has 0 amide bonds. The molecule has 34 heavy (non-hydrogen) atoms. The molecule has 0 aliphatic heterocycles. The van der Waals surface area contributed by atoms with Crippen LogP contribution in [-0.4, -0.2) is 11.6 Å². The molecule has 1 saturated carbocycles. The van der Waals surface area contributed by atoms with Gasteiger partial charge in [0, 0.05) is 5.92 Å². The van der Waals surface area contributed by atoms with Crippen molar-refractivity contribution in [2.24, 2.45) is 5.92 Å². The largest absolute Gasteiger partial charge is 0.298 e. The minimum absolute atomic E-state index is 0.0610. The van der Waals surface area contributed by atoms with E-state index in [0.29, 0.717) is 12.2 Å². The average Bonchev–Trinajstić information content (AvgIpc) is 2.84. The molecular weight excluding hydrogens is 423 g/mol. The highest BCUT2D eigenvalue weighted by molar-refractivity contribution is 5.93. The monoisotopic (exact) mass is 466 g/mol. The first-order valence-corrected chi connectivity index (χ1v) is 13.1. The van der Waals surface area contributed by atoms with Gasteiger partial charge in [0.2, 0.25) is 0 Å². The second kappa shape index (κ2) is 13.6. The maximum atomic E-state index is 14.2. The van der Waals surface area contributed by atoms with Crippen molar-refractivity contribution in [1.29, 1.82) is 0 Å². The molecule has 1 atom stereocenters. The second-order valence-corrected chi connectivity index (χ2v) is 10.0. The zero-order chi connectivity index (χ0) is 25.1. The van der Waals surface area contributed by atoms with Gasteiger partial charge in [-0.1, -0.05) is 68.9 Å². The maximum absolute atomic E-state index is 14.2. The first-order chi connectivity index (χ1) is 16.2. The van der Waals surface area contributed by atoms with Crippen molar-refractivity contribution in [2.45, 2.75) is 104 Å². The third-order valence-corrected chi connectivity index (χ3v) is 7.49. The molecule has 1 aromatic rings. The summed E-state index contributed by atoms with van der Waals surface area (Å²) in [5.74, 6) is 0.235. The molecule has 1 aromatic carbocycles. The molecule has 0 aromatic heterocycles. The van der Waals surface area contributed by atoms with Gasteiger partial charge in [0.25, 0.3) is 0 Å². The zero-order valence-electron chi connectivity index (χ0n) is 21.9. The lowest BCUT2D eigenvalue weighted by Gasteiger charge is -2.38. The summed E-state index contributed by atoms with van der Waals surface area (Å²) in [6, 6.07) is 6.66. The summed E-state index contributed by atoms with van der Waals surface area (Å²) in [4.78, 5) is 26.0. The van der Waals surface area contributed by atoms with Crippen LogP contribution < -0.4 is 0 Å². The van der Waals surface area contributed by atoms with Crippen LogP contribution >= 0.6 is 0 Å². The first-order valence-electron chi connectivity index (χ1n) is 13.1. The number of halogens is 1. The quantitative estimate of drug-likeness (QED) is 0.228. The Labute approximate surface area is 206 Å². The number of hydrogen-bond donors (Lipinski definition) is 0. The SMILES string of the molecule is CC=CC(C=C(C)C(C)=O)=C(C)CCC(CCCC)(C(=O)C1CCCCC1)c1ccc(F)cc1. The lowest BCUT2D eigenvalue weighted by Crippen LogP contribution is -2.41. The Morgan fingerprint density at radius 1 is 1.03 bits per heavy atom. The van der Waals surface area contributed by atoms with Crippen molar-refractivity contribution in [3.8, 4) is 0 Å². The molecule has 0 N–H and O–H groups in total. The number of carbonyl (C=O) groups excluding carboxylic acids is 2. The van der Waals surface area contributed by atoms with Crippen molar-refractivity contribution in [2.75, 3.05) is 0 Å². The summed E-state index contributed by atoms with van der Waals surface area (Å²) >= 11 is 0. The van der Waals surface area contributed by atoms with Crippen molar-refractivity contribution >= 4 is 11.6 Å². The summed E-state index contributed by atoms with van der Waals surface area (Å²) in [6.07, 6.45) is 15.6. The molecule has 1 aliphatic carbocycles. The fraction of sp³-hybridized carbons (Fsp3) is 0.548. The lowest BCUT2D eigenvalue weighted by molar-refractivity contribution is -0.130.